The van der Waals surface area contributed by atoms with E-state index in [0.29, 0.717) is 29.3 Å². The molecule has 1 aromatic carbocycles. The molecule has 0 bridgehead atoms. The molecule has 31 heavy (non-hydrogen) atoms. The van der Waals surface area contributed by atoms with Crippen LogP contribution in [0.2, 0.25) is 35.8 Å². The van der Waals surface area contributed by atoms with Crippen molar-refractivity contribution in [3.63, 3.8) is 0 Å². The molecule has 0 aliphatic rings. The van der Waals surface area contributed by atoms with E-state index in [0.717, 1.165) is 5.56 Å². The van der Waals surface area contributed by atoms with E-state index in [4.69, 9.17) is 13.9 Å². The highest BCUT2D eigenvalue weighted by atomic mass is 28.4. The molecule has 0 aliphatic heterocycles. The number of carbonyl (C=O) groups is 2. The SMILES string of the molecule is COC(=O)C(C[Si](C)(C)c1ccc(CO[Si](C(C)C)(C(C)C)C(C)C)cc1)C(=O)OC. The molecule has 1 rings (SSSR count). The number of carbonyl (C=O) groups excluding carboxylic acids is 2. The number of methoxy groups -OCH3 is 2. The minimum atomic E-state index is -2.07. The van der Waals surface area contributed by atoms with Crippen molar-refractivity contribution in [2.75, 3.05) is 14.2 Å². The van der Waals surface area contributed by atoms with Gasteiger partial charge in [0.1, 0.15) is 0 Å². The molecule has 1 aromatic rings. The minimum absolute atomic E-state index is 0.451. The Balaban J connectivity index is 3.01. The summed E-state index contributed by atoms with van der Waals surface area (Å²) in [5, 5.41) is 1.19. The fourth-order valence-electron chi connectivity index (χ4n) is 4.94. The fourth-order valence-corrected chi connectivity index (χ4v) is 13.0. The van der Waals surface area contributed by atoms with Gasteiger partial charge >= 0.3 is 11.9 Å². The Morgan fingerprint density at radius 1 is 0.806 bits per heavy atom. The second-order valence-electron chi connectivity index (χ2n) is 9.99. The van der Waals surface area contributed by atoms with Gasteiger partial charge in [-0.1, -0.05) is 84.1 Å². The van der Waals surface area contributed by atoms with E-state index in [1.54, 1.807) is 0 Å². The van der Waals surface area contributed by atoms with Crippen LogP contribution in [0.3, 0.4) is 0 Å². The molecule has 0 spiro atoms. The predicted molar refractivity (Wildman–Crippen MR) is 132 cm³/mol. The molecule has 0 heterocycles. The lowest BCUT2D eigenvalue weighted by molar-refractivity contribution is -0.157. The Labute approximate surface area is 191 Å². The molecule has 0 saturated carbocycles. The van der Waals surface area contributed by atoms with E-state index in [9.17, 15) is 9.59 Å². The van der Waals surface area contributed by atoms with E-state index in [1.807, 2.05) is 0 Å². The minimum Gasteiger partial charge on any atom is -0.468 e. The first-order valence-electron chi connectivity index (χ1n) is 11.2. The summed E-state index contributed by atoms with van der Waals surface area (Å²) >= 11 is 0. The van der Waals surface area contributed by atoms with Crippen molar-refractivity contribution in [1.29, 1.82) is 0 Å². The third kappa shape index (κ3) is 6.52. The van der Waals surface area contributed by atoms with Crippen molar-refractivity contribution in [3.8, 4) is 0 Å². The fraction of sp³-hybridized carbons (Fsp3) is 0.667. The quantitative estimate of drug-likeness (QED) is 0.253. The van der Waals surface area contributed by atoms with Crippen LogP contribution in [-0.2, 0) is 30.1 Å². The van der Waals surface area contributed by atoms with Crippen molar-refractivity contribution < 1.29 is 23.5 Å². The summed E-state index contributed by atoms with van der Waals surface area (Å²) in [6.07, 6.45) is 0. The van der Waals surface area contributed by atoms with Gasteiger partial charge in [-0.05, 0) is 28.2 Å². The average Bonchev–Trinajstić information content (AvgIpc) is 2.70. The molecule has 0 unspecified atom stereocenters. The molecule has 0 N–H and O–H groups in total. The third-order valence-corrected chi connectivity index (χ3v) is 16.0. The van der Waals surface area contributed by atoms with Crippen molar-refractivity contribution in [2.45, 2.75) is 83.9 Å². The maximum absolute atomic E-state index is 12.1. The Morgan fingerprint density at radius 3 is 1.58 bits per heavy atom. The molecular weight excluding hydrogens is 424 g/mol. The second-order valence-corrected chi connectivity index (χ2v) is 20.2. The third-order valence-electron chi connectivity index (χ3n) is 6.62. The van der Waals surface area contributed by atoms with Gasteiger partial charge in [0.15, 0.2) is 5.92 Å². The maximum Gasteiger partial charge on any atom is 0.319 e. The van der Waals surface area contributed by atoms with Crippen LogP contribution in [0.15, 0.2) is 24.3 Å². The smallest absolute Gasteiger partial charge is 0.319 e. The number of esters is 2. The van der Waals surface area contributed by atoms with Crippen LogP contribution >= 0.6 is 0 Å². The van der Waals surface area contributed by atoms with Gasteiger partial charge in [0.2, 0.25) is 8.32 Å². The summed E-state index contributed by atoms with van der Waals surface area (Å²) in [4.78, 5) is 24.2. The largest absolute Gasteiger partial charge is 0.468 e. The topological polar surface area (TPSA) is 61.8 Å². The molecule has 7 heteroatoms. The zero-order valence-electron chi connectivity index (χ0n) is 21.1. The van der Waals surface area contributed by atoms with Crippen LogP contribution in [0.5, 0.6) is 0 Å². The van der Waals surface area contributed by atoms with Gasteiger partial charge in [-0.25, -0.2) is 0 Å². The molecule has 0 saturated heterocycles. The predicted octanol–water partition coefficient (Wildman–Crippen LogP) is 5.26. The normalized spacial score (nSPS) is 12.7. The average molecular weight is 467 g/mol. The number of ether oxygens (including phenoxy) is 2. The van der Waals surface area contributed by atoms with Crippen LogP contribution in [0.1, 0.15) is 47.1 Å². The van der Waals surface area contributed by atoms with Gasteiger partial charge in [0.25, 0.3) is 0 Å². The van der Waals surface area contributed by atoms with Crippen LogP contribution < -0.4 is 5.19 Å². The molecule has 0 aromatic heterocycles. The van der Waals surface area contributed by atoms with Crippen molar-refractivity contribution in [2.24, 2.45) is 5.92 Å². The monoisotopic (exact) mass is 466 g/mol. The van der Waals surface area contributed by atoms with E-state index >= 15 is 0 Å². The number of hydrogen-bond acceptors (Lipinski definition) is 5. The lowest BCUT2D eigenvalue weighted by Gasteiger charge is -2.42. The first kappa shape index (κ1) is 27.6. The molecule has 0 atom stereocenters. The van der Waals surface area contributed by atoms with Gasteiger partial charge in [-0.15, -0.1) is 0 Å². The summed E-state index contributed by atoms with van der Waals surface area (Å²) in [7, 11) is -1.38. The number of hydrogen-bond donors (Lipinski definition) is 0. The number of rotatable bonds is 11. The van der Waals surface area contributed by atoms with Crippen LogP contribution in [0, 0.1) is 5.92 Å². The van der Waals surface area contributed by atoms with Gasteiger partial charge in [0.05, 0.1) is 28.9 Å². The molecular formula is C24H42O5Si2. The molecule has 0 aliphatic carbocycles. The summed E-state index contributed by atoms with van der Waals surface area (Å²) in [6, 6.07) is 8.94. The summed E-state index contributed by atoms with van der Waals surface area (Å²) < 4.78 is 16.4. The van der Waals surface area contributed by atoms with E-state index in [2.05, 4.69) is 78.9 Å². The summed E-state index contributed by atoms with van der Waals surface area (Å²) in [5.74, 6) is -1.95. The Bertz CT molecular complexity index is 688. The van der Waals surface area contributed by atoms with Gasteiger partial charge < -0.3 is 13.9 Å². The first-order chi connectivity index (χ1) is 14.3. The van der Waals surface area contributed by atoms with Gasteiger partial charge in [-0.2, -0.15) is 0 Å². The Morgan fingerprint density at radius 2 is 1.23 bits per heavy atom. The highest BCUT2D eigenvalue weighted by molar-refractivity contribution is 6.90. The first-order valence-corrected chi connectivity index (χ1v) is 16.6. The van der Waals surface area contributed by atoms with Crippen molar-refractivity contribution >= 4 is 33.5 Å². The van der Waals surface area contributed by atoms with Gasteiger partial charge in [-0.3, -0.25) is 9.59 Å². The van der Waals surface area contributed by atoms with E-state index < -0.39 is 34.2 Å². The summed E-state index contributed by atoms with van der Waals surface area (Å²) in [6.45, 7) is 18.7. The zero-order valence-corrected chi connectivity index (χ0v) is 23.1. The van der Waals surface area contributed by atoms with Gasteiger partial charge in [0, 0.05) is 0 Å². The molecule has 0 fully saturated rings. The molecule has 5 nitrogen and oxygen atoms in total. The lowest BCUT2D eigenvalue weighted by Crippen LogP contribution is -2.47. The maximum atomic E-state index is 12.1. The summed E-state index contributed by atoms with van der Waals surface area (Å²) in [5.41, 5.74) is 2.80. The Kier molecular flexibility index (Phi) is 10.2. The highest BCUT2D eigenvalue weighted by Crippen LogP contribution is 2.42. The van der Waals surface area contributed by atoms with Crippen LogP contribution in [0.4, 0.5) is 0 Å². The zero-order chi connectivity index (χ0) is 24.0. The second kappa shape index (κ2) is 11.4. The van der Waals surface area contributed by atoms with E-state index in [-0.39, 0.29) is 0 Å². The highest BCUT2D eigenvalue weighted by Gasteiger charge is 2.45. The van der Waals surface area contributed by atoms with Crippen LogP contribution in [-0.4, -0.2) is 42.5 Å². The molecule has 0 radical (unpaired) electrons. The standard InChI is InChI=1S/C24H42O5Si2/c1-17(2)31(18(3)4,19(5)6)29-15-20-11-13-21(14-12-20)30(9,10)16-22(23(25)27-7)24(26)28-8/h11-14,17-19,22H,15-16H2,1-10H3. The molecule has 176 valence electrons. The molecule has 0 amide bonds. The van der Waals surface area contributed by atoms with Crippen LogP contribution in [0.25, 0.3) is 0 Å². The Hall–Kier alpha value is -1.45. The lowest BCUT2D eigenvalue weighted by atomic mass is 10.2. The van der Waals surface area contributed by atoms with E-state index in [1.165, 1.54) is 19.4 Å². The van der Waals surface area contributed by atoms with Crippen molar-refractivity contribution in [1.82, 2.24) is 0 Å². The number of benzene rings is 1. The van der Waals surface area contributed by atoms with Crippen molar-refractivity contribution in [3.05, 3.63) is 29.8 Å².